The Balaban J connectivity index is 3.12. The molecular weight excluding hydrogens is 226 g/mol. The van der Waals surface area contributed by atoms with Gasteiger partial charge in [0.2, 0.25) is 0 Å². The summed E-state index contributed by atoms with van der Waals surface area (Å²) < 4.78 is 0. The molecule has 18 heavy (non-hydrogen) atoms. The second kappa shape index (κ2) is 6.89. The van der Waals surface area contributed by atoms with Crippen molar-refractivity contribution in [2.45, 2.75) is 33.6 Å². The van der Waals surface area contributed by atoms with Crippen LogP contribution in [0.3, 0.4) is 0 Å². The number of benzene rings is 1. The smallest absolute Gasteiger partial charge is 0.172 e. The standard InChI is InChI=1S/C14H23N3O/c1-4-6-9-17(5-2)13-8-7-11(3)10-12(13)14(15)16-18/h7-8,10,18H,4-6,9H2,1-3H3,(H2,15,16). The summed E-state index contributed by atoms with van der Waals surface area (Å²) in [4.78, 5) is 2.26. The number of rotatable bonds is 6. The van der Waals surface area contributed by atoms with Crippen LogP contribution in [0.5, 0.6) is 0 Å². The van der Waals surface area contributed by atoms with E-state index in [9.17, 15) is 0 Å². The van der Waals surface area contributed by atoms with Crippen LogP contribution in [0.25, 0.3) is 0 Å². The maximum atomic E-state index is 8.88. The quantitative estimate of drug-likeness (QED) is 0.353. The SMILES string of the molecule is CCCCN(CC)c1ccc(C)cc1/C(N)=N/O. The zero-order valence-electron chi connectivity index (χ0n) is 11.5. The maximum Gasteiger partial charge on any atom is 0.172 e. The zero-order valence-corrected chi connectivity index (χ0v) is 11.5. The molecule has 1 rings (SSSR count). The van der Waals surface area contributed by atoms with Gasteiger partial charge < -0.3 is 15.8 Å². The van der Waals surface area contributed by atoms with Crippen LogP contribution < -0.4 is 10.6 Å². The molecule has 0 spiro atoms. The number of aryl methyl sites for hydroxylation is 1. The minimum absolute atomic E-state index is 0.170. The van der Waals surface area contributed by atoms with Crippen LogP contribution in [0.1, 0.15) is 37.8 Å². The van der Waals surface area contributed by atoms with E-state index in [1.807, 2.05) is 19.1 Å². The molecule has 0 amide bonds. The highest BCUT2D eigenvalue weighted by molar-refractivity contribution is 6.02. The highest BCUT2D eigenvalue weighted by atomic mass is 16.4. The first-order chi connectivity index (χ1) is 8.63. The number of nitrogens with two attached hydrogens (primary N) is 1. The van der Waals surface area contributed by atoms with Gasteiger partial charge in [0.15, 0.2) is 5.84 Å². The molecule has 0 atom stereocenters. The lowest BCUT2D eigenvalue weighted by atomic mass is 10.1. The van der Waals surface area contributed by atoms with Crippen molar-refractivity contribution in [3.63, 3.8) is 0 Å². The minimum Gasteiger partial charge on any atom is -0.409 e. The van der Waals surface area contributed by atoms with Gasteiger partial charge in [-0.25, -0.2) is 0 Å². The summed E-state index contributed by atoms with van der Waals surface area (Å²) in [5, 5.41) is 12.0. The largest absolute Gasteiger partial charge is 0.409 e. The Morgan fingerprint density at radius 2 is 2.11 bits per heavy atom. The average molecular weight is 249 g/mol. The summed E-state index contributed by atoms with van der Waals surface area (Å²) >= 11 is 0. The lowest BCUT2D eigenvalue weighted by Crippen LogP contribution is -2.27. The number of oxime groups is 1. The van der Waals surface area contributed by atoms with Crippen LogP contribution in [-0.2, 0) is 0 Å². The number of unbranched alkanes of at least 4 members (excludes halogenated alkanes) is 1. The first kappa shape index (κ1) is 14.4. The Kier molecular flexibility index (Phi) is 5.49. The predicted octanol–water partition coefficient (Wildman–Crippen LogP) is 2.72. The Bertz CT molecular complexity index is 416. The molecule has 1 aromatic rings. The highest BCUT2D eigenvalue weighted by Crippen LogP contribution is 2.22. The third kappa shape index (κ3) is 3.39. The molecule has 0 saturated carbocycles. The zero-order chi connectivity index (χ0) is 13.5. The van der Waals surface area contributed by atoms with Crippen molar-refractivity contribution in [2.24, 2.45) is 10.9 Å². The molecule has 0 aliphatic heterocycles. The molecular formula is C14H23N3O. The van der Waals surface area contributed by atoms with Gasteiger partial charge in [-0.2, -0.15) is 0 Å². The van der Waals surface area contributed by atoms with E-state index < -0.39 is 0 Å². The van der Waals surface area contributed by atoms with Gasteiger partial charge in [-0.3, -0.25) is 0 Å². The van der Waals surface area contributed by atoms with Crippen molar-refractivity contribution in [1.29, 1.82) is 0 Å². The molecule has 0 radical (unpaired) electrons. The third-order valence-corrected chi connectivity index (χ3v) is 3.04. The summed E-state index contributed by atoms with van der Waals surface area (Å²) in [6.07, 6.45) is 2.29. The van der Waals surface area contributed by atoms with Gasteiger partial charge in [-0.15, -0.1) is 0 Å². The Hall–Kier alpha value is -1.71. The molecule has 3 N–H and O–H groups in total. The molecule has 0 aromatic heterocycles. The summed E-state index contributed by atoms with van der Waals surface area (Å²) in [6.45, 7) is 8.19. The summed E-state index contributed by atoms with van der Waals surface area (Å²) in [5.74, 6) is 0.170. The molecule has 0 aliphatic rings. The van der Waals surface area contributed by atoms with Gasteiger partial charge in [0.25, 0.3) is 0 Å². The van der Waals surface area contributed by atoms with Gasteiger partial charge in [0, 0.05) is 24.3 Å². The van der Waals surface area contributed by atoms with E-state index in [0.717, 1.165) is 42.7 Å². The fraction of sp³-hybridized carbons (Fsp3) is 0.500. The van der Waals surface area contributed by atoms with Crippen molar-refractivity contribution >= 4 is 11.5 Å². The molecule has 0 aliphatic carbocycles. The number of amidine groups is 1. The molecule has 0 bridgehead atoms. The molecule has 4 heteroatoms. The van der Waals surface area contributed by atoms with E-state index >= 15 is 0 Å². The van der Waals surface area contributed by atoms with Gasteiger partial charge in [-0.05, 0) is 32.4 Å². The number of hydrogen-bond donors (Lipinski definition) is 2. The van der Waals surface area contributed by atoms with E-state index in [4.69, 9.17) is 10.9 Å². The van der Waals surface area contributed by atoms with E-state index in [1.54, 1.807) is 0 Å². The fourth-order valence-corrected chi connectivity index (χ4v) is 1.98. The van der Waals surface area contributed by atoms with E-state index in [0.29, 0.717) is 0 Å². The lowest BCUT2D eigenvalue weighted by Gasteiger charge is -2.25. The maximum absolute atomic E-state index is 8.88. The average Bonchev–Trinajstić information content (AvgIpc) is 2.39. The predicted molar refractivity (Wildman–Crippen MR) is 76.5 cm³/mol. The third-order valence-electron chi connectivity index (χ3n) is 3.04. The summed E-state index contributed by atoms with van der Waals surface area (Å²) in [5.41, 5.74) is 8.70. The van der Waals surface area contributed by atoms with Crippen LogP contribution in [0.2, 0.25) is 0 Å². The van der Waals surface area contributed by atoms with Crippen LogP contribution in [-0.4, -0.2) is 24.1 Å². The van der Waals surface area contributed by atoms with Crippen LogP contribution >= 0.6 is 0 Å². The molecule has 100 valence electrons. The van der Waals surface area contributed by atoms with Gasteiger partial charge in [-0.1, -0.05) is 30.1 Å². The summed E-state index contributed by atoms with van der Waals surface area (Å²) in [7, 11) is 0. The van der Waals surface area contributed by atoms with Gasteiger partial charge >= 0.3 is 0 Å². The van der Waals surface area contributed by atoms with Crippen molar-refractivity contribution < 1.29 is 5.21 Å². The molecule has 0 fully saturated rings. The first-order valence-electron chi connectivity index (χ1n) is 6.47. The van der Waals surface area contributed by atoms with Crippen LogP contribution in [0.4, 0.5) is 5.69 Å². The molecule has 4 nitrogen and oxygen atoms in total. The first-order valence-corrected chi connectivity index (χ1v) is 6.47. The van der Waals surface area contributed by atoms with E-state index in [1.165, 1.54) is 0 Å². The topological polar surface area (TPSA) is 61.8 Å². The van der Waals surface area contributed by atoms with Crippen LogP contribution in [0.15, 0.2) is 23.4 Å². The van der Waals surface area contributed by atoms with E-state index in [2.05, 4.69) is 30.0 Å². The number of anilines is 1. The van der Waals surface area contributed by atoms with Crippen molar-refractivity contribution in [3.05, 3.63) is 29.3 Å². The van der Waals surface area contributed by atoms with E-state index in [-0.39, 0.29) is 5.84 Å². The monoisotopic (exact) mass is 249 g/mol. The molecule has 0 heterocycles. The second-order valence-electron chi connectivity index (χ2n) is 4.44. The molecule has 0 saturated heterocycles. The Labute approximate surface area is 109 Å². The Morgan fingerprint density at radius 1 is 1.39 bits per heavy atom. The molecule has 0 unspecified atom stereocenters. The normalized spacial score (nSPS) is 11.6. The lowest BCUT2D eigenvalue weighted by molar-refractivity contribution is 0.318. The van der Waals surface area contributed by atoms with Gasteiger partial charge in [0.05, 0.1) is 0 Å². The second-order valence-corrected chi connectivity index (χ2v) is 4.44. The number of hydrogen-bond acceptors (Lipinski definition) is 3. The highest BCUT2D eigenvalue weighted by Gasteiger charge is 2.12. The summed E-state index contributed by atoms with van der Waals surface area (Å²) in [6, 6.07) is 6.05. The molecule has 1 aromatic carbocycles. The van der Waals surface area contributed by atoms with Crippen molar-refractivity contribution in [1.82, 2.24) is 0 Å². The Morgan fingerprint density at radius 3 is 2.67 bits per heavy atom. The van der Waals surface area contributed by atoms with Gasteiger partial charge in [0.1, 0.15) is 0 Å². The number of nitrogens with zero attached hydrogens (tertiary/aromatic N) is 2. The minimum atomic E-state index is 0.170. The van der Waals surface area contributed by atoms with Crippen LogP contribution in [0, 0.1) is 6.92 Å². The van der Waals surface area contributed by atoms with Crippen molar-refractivity contribution in [2.75, 3.05) is 18.0 Å². The van der Waals surface area contributed by atoms with Crippen molar-refractivity contribution in [3.8, 4) is 0 Å². The fourth-order valence-electron chi connectivity index (χ4n) is 1.98.